The molecule has 15 heavy (non-hydrogen) atoms. The summed E-state index contributed by atoms with van der Waals surface area (Å²) in [5.74, 6) is 0.835. The van der Waals surface area contributed by atoms with Crippen molar-refractivity contribution in [1.29, 1.82) is 0 Å². The summed E-state index contributed by atoms with van der Waals surface area (Å²) in [6.45, 7) is 1.97. The van der Waals surface area contributed by atoms with Crippen molar-refractivity contribution < 1.29 is 0 Å². The van der Waals surface area contributed by atoms with E-state index in [-0.39, 0.29) is 6.17 Å². The average molecular weight is 198 g/mol. The largest absolute Gasteiger partial charge is 0.219 e. The Kier molecular flexibility index (Phi) is 1.68. The molecule has 1 aliphatic heterocycles. The summed E-state index contributed by atoms with van der Waals surface area (Å²) in [5.41, 5.74) is 2.07. The Morgan fingerprint density at radius 1 is 1.20 bits per heavy atom. The third kappa shape index (κ3) is 1.26. The van der Waals surface area contributed by atoms with E-state index in [9.17, 15) is 0 Å². The molecular weight excluding hydrogens is 188 g/mol. The summed E-state index contributed by atoms with van der Waals surface area (Å²) in [7, 11) is 0. The summed E-state index contributed by atoms with van der Waals surface area (Å²) < 4.78 is 1.84. The smallest absolute Gasteiger partial charge is 0.175 e. The van der Waals surface area contributed by atoms with E-state index in [2.05, 4.69) is 15.3 Å². The van der Waals surface area contributed by atoms with Crippen LogP contribution in [0.15, 0.2) is 46.6 Å². The molecule has 0 spiro atoms. The Labute approximate surface area is 87.3 Å². The zero-order valence-electron chi connectivity index (χ0n) is 8.33. The van der Waals surface area contributed by atoms with Crippen LogP contribution in [-0.2, 0) is 0 Å². The molecule has 0 fully saturated rings. The predicted octanol–water partition coefficient (Wildman–Crippen LogP) is 3.17. The zero-order valence-corrected chi connectivity index (χ0v) is 8.33. The minimum atomic E-state index is 0.0254. The molecule has 0 N–H and O–H groups in total. The van der Waals surface area contributed by atoms with Gasteiger partial charge in [0.1, 0.15) is 0 Å². The van der Waals surface area contributed by atoms with E-state index >= 15 is 0 Å². The molecule has 4 heteroatoms. The zero-order chi connectivity index (χ0) is 10.3. The first-order valence-electron chi connectivity index (χ1n) is 4.90. The Bertz CT molecular complexity index is 513. The lowest BCUT2D eigenvalue weighted by atomic mass is 10.2. The topological polar surface area (TPSA) is 42.5 Å². The van der Waals surface area contributed by atoms with Crippen LogP contribution in [0, 0.1) is 0 Å². The van der Waals surface area contributed by atoms with E-state index < -0.39 is 0 Å². The second-order valence-corrected chi connectivity index (χ2v) is 3.55. The molecule has 0 bridgehead atoms. The summed E-state index contributed by atoms with van der Waals surface area (Å²) >= 11 is 0. The van der Waals surface area contributed by atoms with Crippen LogP contribution in [0.3, 0.4) is 0 Å². The molecule has 0 aliphatic carbocycles. The van der Waals surface area contributed by atoms with Gasteiger partial charge >= 0.3 is 0 Å². The van der Waals surface area contributed by atoms with E-state index in [1.165, 1.54) is 0 Å². The van der Waals surface area contributed by atoms with Crippen molar-refractivity contribution in [2.75, 3.05) is 0 Å². The highest BCUT2D eigenvalue weighted by atomic mass is 15.5. The SMILES string of the molecule is CC1N=Nc2cc(-c3ccccc3)nn21. The molecule has 1 aromatic heterocycles. The van der Waals surface area contributed by atoms with Gasteiger partial charge in [0.25, 0.3) is 0 Å². The van der Waals surface area contributed by atoms with Crippen LogP contribution in [-0.4, -0.2) is 9.78 Å². The maximum atomic E-state index is 4.47. The van der Waals surface area contributed by atoms with Crippen LogP contribution >= 0.6 is 0 Å². The lowest BCUT2D eigenvalue weighted by molar-refractivity contribution is 0.540. The van der Waals surface area contributed by atoms with Crippen LogP contribution in [0.25, 0.3) is 11.3 Å². The van der Waals surface area contributed by atoms with Gasteiger partial charge in [-0.3, -0.25) is 0 Å². The highest BCUT2D eigenvalue weighted by Crippen LogP contribution is 2.31. The number of benzene rings is 1. The molecule has 2 aromatic rings. The van der Waals surface area contributed by atoms with Crippen molar-refractivity contribution in [1.82, 2.24) is 9.78 Å². The molecule has 3 rings (SSSR count). The van der Waals surface area contributed by atoms with E-state index in [1.807, 2.05) is 48.0 Å². The van der Waals surface area contributed by atoms with Gasteiger partial charge in [-0.1, -0.05) is 30.3 Å². The monoisotopic (exact) mass is 198 g/mol. The third-order valence-electron chi connectivity index (χ3n) is 2.47. The summed E-state index contributed by atoms with van der Waals surface area (Å²) in [6.07, 6.45) is 0.0254. The highest BCUT2D eigenvalue weighted by molar-refractivity contribution is 5.62. The molecule has 0 radical (unpaired) electrons. The Hall–Kier alpha value is -1.97. The van der Waals surface area contributed by atoms with Gasteiger partial charge in [0.05, 0.1) is 5.69 Å². The van der Waals surface area contributed by atoms with Crippen molar-refractivity contribution in [3.05, 3.63) is 36.4 Å². The van der Waals surface area contributed by atoms with E-state index in [0.29, 0.717) is 0 Å². The van der Waals surface area contributed by atoms with Crippen molar-refractivity contribution in [3.63, 3.8) is 0 Å². The number of rotatable bonds is 1. The number of aromatic nitrogens is 2. The average Bonchev–Trinajstić information content (AvgIpc) is 2.83. The molecule has 1 aliphatic rings. The summed E-state index contributed by atoms with van der Waals surface area (Å²) in [4.78, 5) is 0. The highest BCUT2D eigenvalue weighted by Gasteiger charge is 2.18. The molecule has 2 heterocycles. The van der Waals surface area contributed by atoms with E-state index in [4.69, 9.17) is 0 Å². The molecule has 74 valence electrons. The first-order chi connectivity index (χ1) is 7.34. The summed E-state index contributed by atoms with van der Waals surface area (Å²) in [5, 5.41) is 12.5. The van der Waals surface area contributed by atoms with Crippen LogP contribution in [0.2, 0.25) is 0 Å². The molecular formula is C11H10N4. The lowest BCUT2D eigenvalue weighted by Gasteiger charge is -1.99. The Morgan fingerprint density at radius 2 is 2.00 bits per heavy atom. The van der Waals surface area contributed by atoms with Gasteiger partial charge in [0.2, 0.25) is 0 Å². The molecule has 1 atom stereocenters. The minimum absolute atomic E-state index is 0.0254. The number of hydrogen-bond acceptors (Lipinski definition) is 3. The second kappa shape index (κ2) is 3.02. The second-order valence-electron chi connectivity index (χ2n) is 3.55. The van der Waals surface area contributed by atoms with Gasteiger partial charge in [-0.15, -0.1) is 5.11 Å². The first kappa shape index (κ1) is 8.35. The third-order valence-corrected chi connectivity index (χ3v) is 2.47. The molecule has 1 aromatic carbocycles. The van der Waals surface area contributed by atoms with E-state index in [0.717, 1.165) is 17.1 Å². The quantitative estimate of drug-likeness (QED) is 0.693. The van der Waals surface area contributed by atoms with Gasteiger partial charge in [-0.05, 0) is 6.92 Å². The van der Waals surface area contributed by atoms with Gasteiger partial charge in [0.15, 0.2) is 12.0 Å². The Balaban J connectivity index is 2.09. The summed E-state index contributed by atoms with van der Waals surface area (Å²) in [6, 6.07) is 12.0. The molecule has 1 unspecified atom stereocenters. The molecule has 0 amide bonds. The maximum absolute atomic E-state index is 4.47. The standard InChI is InChI=1S/C11H10N4/c1-8-12-13-11-7-10(14-15(8)11)9-5-3-2-4-6-9/h2-8H,1H3. The van der Waals surface area contributed by atoms with Crippen molar-refractivity contribution in [3.8, 4) is 11.3 Å². The fraction of sp³-hybridized carbons (Fsp3) is 0.182. The van der Waals surface area contributed by atoms with E-state index in [1.54, 1.807) is 0 Å². The molecule has 0 saturated carbocycles. The first-order valence-corrected chi connectivity index (χ1v) is 4.90. The van der Waals surface area contributed by atoms with Gasteiger partial charge in [-0.25, -0.2) is 4.68 Å². The van der Waals surface area contributed by atoms with Crippen LogP contribution in [0.1, 0.15) is 13.1 Å². The Morgan fingerprint density at radius 3 is 2.73 bits per heavy atom. The number of fused-ring (bicyclic) bond motifs is 1. The van der Waals surface area contributed by atoms with Gasteiger partial charge in [0, 0.05) is 11.6 Å². The van der Waals surface area contributed by atoms with Crippen LogP contribution in [0.4, 0.5) is 5.82 Å². The van der Waals surface area contributed by atoms with Gasteiger partial charge < -0.3 is 0 Å². The molecule has 4 nitrogen and oxygen atoms in total. The lowest BCUT2D eigenvalue weighted by Crippen LogP contribution is -1.99. The van der Waals surface area contributed by atoms with Crippen molar-refractivity contribution >= 4 is 5.82 Å². The van der Waals surface area contributed by atoms with Crippen LogP contribution < -0.4 is 0 Å². The number of hydrogen-bond donors (Lipinski definition) is 0. The minimum Gasteiger partial charge on any atom is -0.219 e. The van der Waals surface area contributed by atoms with Crippen molar-refractivity contribution in [2.45, 2.75) is 13.1 Å². The number of nitrogens with zero attached hydrogens (tertiary/aromatic N) is 4. The fourth-order valence-corrected chi connectivity index (χ4v) is 1.68. The molecule has 0 saturated heterocycles. The normalized spacial score (nSPS) is 18.1. The maximum Gasteiger partial charge on any atom is 0.175 e. The van der Waals surface area contributed by atoms with Crippen molar-refractivity contribution in [2.24, 2.45) is 10.2 Å². The van der Waals surface area contributed by atoms with Gasteiger partial charge in [-0.2, -0.15) is 10.2 Å². The predicted molar refractivity (Wildman–Crippen MR) is 56.9 cm³/mol. The van der Waals surface area contributed by atoms with Crippen LogP contribution in [0.5, 0.6) is 0 Å². The number of azo groups is 1. The fourth-order valence-electron chi connectivity index (χ4n) is 1.68.